The van der Waals surface area contributed by atoms with Crippen molar-refractivity contribution in [3.05, 3.63) is 35.7 Å². The quantitative estimate of drug-likeness (QED) is 0.858. The minimum absolute atomic E-state index is 0.0509. The zero-order valence-corrected chi connectivity index (χ0v) is 12.9. The van der Waals surface area contributed by atoms with Crippen molar-refractivity contribution in [3.8, 4) is 5.75 Å². The minimum atomic E-state index is -3.72. The van der Waals surface area contributed by atoms with E-state index in [1.165, 1.54) is 11.4 Å². The van der Waals surface area contributed by atoms with Gasteiger partial charge >= 0.3 is 0 Å². The molecule has 0 aliphatic carbocycles. The Morgan fingerprint density at radius 3 is 2.48 bits per heavy atom. The maximum atomic E-state index is 12.7. The number of ether oxygens (including phenoxy) is 1. The SMILES string of the molecule is COc1ccc(N(C)S(=O)(=O)c2c(CN)n[nH]c2C)cc1. The fourth-order valence-corrected chi connectivity index (χ4v) is 3.55. The zero-order chi connectivity index (χ0) is 15.6. The van der Waals surface area contributed by atoms with Crippen LogP contribution in [0.15, 0.2) is 29.2 Å². The summed E-state index contributed by atoms with van der Waals surface area (Å²) in [5.41, 5.74) is 6.88. The zero-order valence-electron chi connectivity index (χ0n) is 12.1. The molecule has 114 valence electrons. The molecule has 0 spiro atoms. The van der Waals surface area contributed by atoms with Crippen molar-refractivity contribution in [1.29, 1.82) is 0 Å². The average Bonchev–Trinajstić information content (AvgIpc) is 2.88. The largest absolute Gasteiger partial charge is 0.497 e. The van der Waals surface area contributed by atoms with E-state index in [1.54, 1.807) is 38.3 Å². The van der Waals surface area contributed by atoms with Crippen molar-refractivity contribution in [2.45, 2.75) is 18.4 Å². The number of nitrogens with one attached hydrogen (secondary N) is 1. The van der Waals surface area contributed by atoms with Crippen LogP contribution in [0.5, 0.6) is 5.75 Å². The van der Waals surface area contributed by atoms with Crippen molar-refractivity contribution in [2.75, 3.05) is 18.5 Å². The van der Waals surface area contributed by atoms with Gasteiger partial charge in [-0.1, -0.05) is 0 Å². The van der Waals surface area contributed by atoms with Crippen LogP contribution in [0.4, 0.5) is 5.69 Å². The minimum Gasteiger partial charge on any atom is -0.497 e. The second-order valence-corrected chi connectivity index (χ2v) is 6.41. The lowest BCUT2D eigenvalue weighted by atomic mass is 10.3. The van der Waals surface area contributed by atoms with Crippen LogP contribution in [-0.2, 0) is 16.6 Å². The summed E-state index contributed by atoms with van der Waals surface area (Å²) in [6, 6.07) is 6.75. The lowest BCUT2D eigenvalue weighted by molar-refractivity contribution is 0.415. The molecular weight excluding hydrogens is 292 g/mol. The molecular formula is C13H18N4O3S. The first-order valence-electron chi connectivity index (χ1n) is 6.28. The molecule has 8 heteroatoms. The molecule has 2 rings (SSSR count). The van der Waals surface area contributed by atoms with Gasteiger partial charge in [0.1, 0.15) is 10.6 Å². The lowest BCUT2D eigenvalue weighted by Gasteiger charge is -2.20. The van der Waals surface area contributed by atoms with Crippen LogP contribution >= 0.6 is 0 Å². The van der Waals surface area contributed by atoms with E-state index in [0.717, 1.165) is 0 Å². The standard InChI is InChI=1S/C13H18N4O3S/c1-9-13(12(8-14)16-15-9)21(18,19)17(2)10-4-6-11(20-3)7-5-10/h4-7H,8,14H2,1-3H3,(H,15,16). The number of aryl methyl sites for hydroxylation is 1. The van der Waals surface area contributed by atoms with E-state index in [2.05, 4.69) is 10.2 Å². The number of nitrogens with two attached hydrogens (primary N) is 1. The molecule has 0 atom stereocenters. The van der Waals surface area contributed by atoms with Crippen molar-refractivity contribution < 1.29 is 13.2 Å². The van der Waals surface area contributed by atoms with Crippen LogP contribution in [0, 0.1) is 6.92 Å². The summed E-state index contributed by atoms with van der Waals surface area (Å²) in [4.78, 5) is 0.128. The summed E-state index contributed by atoms with van der Waals surface area (Å²) in [6.45, 7) is 1.70. The van der Waals surface area contributed by atoms with Gasteiger partial charge in [-0.05, 0) is 31.2 Å². The van der Waals surface area contributed by atoms with Crippen molar-refractivity contribution in [3.63, 3.8) is 0 Å². The number of rotatable bonds is 5. The highest BCUT2D eigenvalue weighted by Gasteiger charge is 2.28. The van der Waals surface area contributed by atoms with Gasteiger partial charge in [0.15, 0.2) is 0 Å². The summed E-state index contributed by atoms with van der Waals surface area (Å²) in [7, 11) is -0.680. The van der Waals surface area contributed by atoms with Gasteiger partial charge in [-0.3, -0.25) is 9.40 Å². The Bertz CT molecular complexity index is 722. The molecule has 7 nitrogen and oxygen atoms in total. The topological polar surface area (TPSA) is 101 Å². The fraction of sp³-hybridized carbons (Fsp3) is 0.308. The van der Waals surface area contributed by atoms with Gasteiger partial charge in [0, 0.05) is 13.6 Å². The number of anilines is 1. The molecule has 3 N–H and O–H groups in total. The van der Waals surface area contributed by atoms with E-state index in [4.69, 9.17) is 10.5 Å². The summed E-state index contributed by atoms with van der Waals surface area (Å²) in [6.07, 6.45) is 0. The molecule has 0 amide bonds. The monoisotopic (exact) mass is 310 g/mol. The number of sulfonamides is 1. The number of hydrogen-bond acceptors (Lipinski definition) is 5. The Balaban J connectivity index is 2.44. The number of benzene rings is 1. The molecule has 21 heavy (non-hydrogen) atoms. The Morgan fingerprint density at radius 2 is 1.95 bits per heavy atom. The van der Waals surface area contributed by atoms with E-state index >= 15 is 0 Å². The van der Waals surface area contributed by atoms with Crippen molar-refractivity contribution in [2.24, 2.45) is 5.73 Å². The number of hydrogen-bond donors (Lipinski definition) is 2. The normalized spacial score (nSPS) is 11.4. The molecule has 0 saturated carbocycles. The maximum Gasteiger partial charge on any atom is 0.267 e. The van der Waals surface area contributed by atoms with E-state index in [9.17, 15) is 8.42 Å². The fourth-order valence-electron chi connectivity index (χ4n) is 2.02. The van der Waals surface area contributed by atoms with E-state index in [0.29, 0.717) is 22.8 Å². The van der Waals surface area contributed by atoms with Gasteiger partial charge in [-0.15, -0.1) is 0 Å². The summed E-state index contributed by atoms with van der Waals surface area (Å²) in [5.74, 6) is 0.659. The van der Waals surface area contributed by atoms with Crippen LogP contribution in [-0.4, -0.2) is 32.8 Å². The number of methoxy groups -OCH3 is 1. The first-order valence-corrected chi connectivity index (χ1v) is 7.72. The number of aromatic nitrogens is 2. The van der Waals surface area contributed by atoms with E-state index in [1.807, 2.05) is 0 Å². The Labute approximate surface area is 123 Å². The van der Waals surface area contributed by atoms with Crippen molar-refractivity contribution in [1.82, 2.24) is 10.2 Å². The third kappa shape index (κ3) is 2.72. The van der Waals surface area contributed by atoms with Gasteiger partial charge in [0.05, 0.1) is 24.2 Å². The predicted octanol–water partition coefficient (Wildman–Crippen LogP) is 1.01. The number of aromatic amines is 1. The molecule has 0 radical (unpaired) electrons. The molecule has 0 aliphatic heterocycles. The van der Waals surface area contributed by atoms with Gasteiger partial charge in [-0.2, -0.15) is 5.10 Å². The average molecular weight is 310 g/mol. The second kappa shape index (κ2) is 5.74. The highest BCUT2D eigenvalue weighted by Crippen LogP contribution is 2.27. The highest BCUT2D eigenvalue weighted by molar-refractivity contribution is 7.92. The van der Waals surface area contributed by atoms with Crippen LogP contribution < -0.4 is 14.8 Å². The number of nitrogens with zero attached hydrogens (tertiary/aromatic N) is 2. The van der Waals surface area contributed by atoms with Crippen LogP contribution in [0.3, 0.4) is 0 Å². The molecule has 0 saturated heterocycles. The first kappa shape index (κ1) is 15.3. The summed E-state index contributed by atoms with van der Waals surface area (Å²) >= 11 is 0. The second-order valence-electron chi connectivity index (χ2n) is 4.50. The van der Waals surface area contributed by atoms with E-state index < -0.39 is 10.0 Å². The summed E-state index contributed by atoms with van der Waals surface area (Å²) < 4.78 is 31.7. The van der Waals surface area contributed by atoms with Gasteiger partial charge < -0.3 is 10.5 Å². The Morgan fingerprint density at radius 1 is 1.33 bits per heavy atom. The third-order valence-electron chi connectivity index (χ3n) is 3.21. The highest BCUT2D eigenvalue weighted by atomic mass is 32.2. The molecule has 1 aromatic carbocycles. The number of H-pyrrole nitrogens is 1. The molecule has 0 unspecified atom stereocenters. The summed E-state index contributed by atoms with van der Waals surface area (Å²) in [5, 5.41) is 6.59. The Kier molecular flexibility index (Phi) is 4.19. The van der Waals surface area contributed by atoms with Crippen LogP contribution in [0.2, 0.25) is 0 Å². The van der Waals surface area contributed by atoms with E-state index in [-0.39, 0.29) is 11.4 Å². The predicted molar refractivity (Wildman–Crippen MR) is 79.8 cm³/mol. The van der Waals surface area contributed by atoms with Crippen molar-refractivity contribution >= 4 is 15.7 Å². The molecule has 1 aromatic heterocycles. The first-order chi connectivity index (χ1) is 9.91. The lowest BCUT2D eigenvalue weighted by Crippen LogP contribution is -2.28. The molecule has 1 heterocycles. The third-order valence-corrected chi connectivity index (χ3v) is 5.20. The van der Waals surface area contributed by atoms with Gasteiger partial charge in [0.2, 0.25) is 0 Å². The smallest absolute Gasteiger partial charge is 0.267 e. The molecule has 2 aromatic rings. The molecule has 0 aliphatic rings. The van der Waals surface area contributed by atoms with Gasteiger partial charge in [0.25, 0.3) is 10.0 Å². The van der Waals surface area contributed by atoms with Crippen LogP contribution in [0.1, 0.15) is 11.4 Å². The molecule has 0 fully saturated rings. The Hall–Kier alpha value is -2.06. The molecule has 0 bridgehead atoms. The van der Waals surface area contributed by atoms with Gasteiger partial charge in [-0.25, -0.2) is 8.42 Å². The van der Waals surface area contributed by atoms with Crippen LogP contribution in [0.25, 0.3) is 0 Å². The maximum absolute atomic E-state index is 12.7.